The Morgan fingerprint density at radius 2 is 2.06 bits per heavy atom. The largest absolute Gasteiger partial charge is 0.476 e. The van der Waals surface area contributed by atoms with E-state index in [1.165, 1.54) is 12.0 Å². The molecule has 84 valence electrons. The highest BCUT2D eigenvalue weighted by Gasteiger charge is 2.37. The monoisotopic (exact) mass is 216 g/mol. The van der Waals surface area contributed by atoms with Gasteiger partial charge < -0.3 is 10.5 Å². The van der Waals surface area contributed by atoms with Crippen molar-refractivity contribution in [2.24, 2.45) is 10.7 Å². The first kappa shape index (κ1) is 9.85. The van der Waals surface area contributed by atoms with Gasteiger partial charge in [0.15, 0.2) is 0 Å². The molecule has 1 fully saturated rings. The third kappa shape index (κ3) is 1.43. The zero-order valence-electron chi connectivity index (χ0n) is 9.28. The number of ether oxygens (including phenoxy) is 1. The molecule has 3 nitrogen and oxygen atoms in total. The van der Waals surface area contributed by atoms with Crippen LogP contribution < -0.4 is 5.73 Å². The van der Waals surface area contributed by atoms with E-state index in [1.807, 2.05) is 12.1 Å². The van der Waals surface area contributed by atoms with Crippen LogP contribution in [0.25, 0.3) is 0 Å². The Morgan fingerprint density at radius 1 is 1.25 bits per heavy atom. The van der Waals surface area contributed by atoms with E-state index in [0.717, 1.165) is 30.8 Å². The molecule has 2 N–H and O–H groups in total. The molecule has 0 unspecified atom stereocenters. The summed E-state index contributed by atoms with van der Waals surface area (Å²) in [4.78, 5) is 4.38. The summed E-state index contributed by atoms with van der Waals surface area (Å²) >= 11 is 0. The van der Waals surface area contributed by atoms with Crippen LogP contribution in [-0.4, -0.2) is 19.0 Å². The Hall–Kier alpha value is -1.35. The van der Waals surface area contributed by atoms with Gasteiger partial charge in [0.2, 0.25) is 5.90 Å². The highest BCUT2D eigenvalue weighted by atomic mass is 16.5. The van der Waals surface area contributed by atoms with Crippen LogP contribution in [0.4, 0.5) is 0 Å². The predicted molar refractivity (Wildman–Crippen MR) is 63.5 cm³/mol. The number of nitrogens with two attached hydrogens (primary N) is 1. The fraction of sp³-hybridized carbons (Fsp3) is 0.462. The second kappa shape index (κ2) is 3.59. The van der Waals surface area contributed by atoms with E-state index in [2.05, 4.69) is 17.1 Å². The average molecular weight is 216 g/mol. The molecule has 1 aromatic rings. The van der Waals surface area contributed by atoms with Crippen molar-refractivity contribution in [2.45, 2.75) is 24.8 Å². The topological polar surface area (TPSA) is 47.6 Å². The van der Waals surface area contributed by atoms with Crippen LogP contribution >= 0.6 is 0 Å². The van der Waals surface area contributed by atoms with Gasteiger partial charge in [-0.1, -0.05) is 18.2 Å². The van der Waals surface area contributed by atoms with Crippen molar-refractivity contribution in [3.05, 3.63) is 35.4 Å². The summed E-state index contributed by atoms with van der Waals surface area (Å²) in [5, 5.41) is 0. The lowest BCUT2D eigenvalue weighted by Crippen LogP contribution is -2.44. The Bertz CT molecular complexity index is 435. The van der Waals surface area contributed by atoms with Crippen molar-refractivity contribution in [3.63, 3.8) is 0 Å². The number of rotatable bonds is 2. The van der Waals surface area contributed by atoms with Crippen LogP contribution in [0.15, 0.2) is 29.3 Å². The van der Waals surface area contributed by atoms with Gasteiger partial charge in [-0.15, -0.1) is 0 Å². The van der Waals surface area contributed by atoms with Gasteiger partial charge in [0.1, 0.15) is 6.61 Å². The molecule has 0 saturated heterocycles. The third-order valence-electron chi connectivity index (χ3n) is 3.53. The standard InChI is InChI=1S/C13H16N2O/c14-13(6-3-7-13)11-5-2-1-4-10(11)12-15-8-9-16-12/h1-2,4-5H,3,6-9,14H2. The number of aliphatic imine (C=N–C) groups is 1. The zero-order valence-corrected chi connectivity index (χ0v) is 9.28. The van der Waals surface area contributed by atoms with Crippen molar-refractivity contribution in [1.29, 1.82) is 0 Å². The Balaban J connectivity index is 2.04. The molecule has 0 atom stereocenters. The fourth-order valence-corrected chi connectivity index (χ4v) is 2.43. The molecule has 1 aliphatic heterocycles. The zero-order chi connectivity index (χ0) is 11.0. The van der Waals surface area contributed by atoms with Crippen LogP contribution in [-0.2, 0) is 10.3 Å². The molecule has 0 aromatic heterocycles. The van der Waals surface area contributed by atoms with E-state index in [0.29, 0.717) is 6.61 Å². The minimum atomic E-state index is -0.148. The maximum absolute atomic E-state index is 6.38. The highest BCUT2D eigenvalue weighted by molar-refractivity contribution is 5.96. The smallest absolute Gasteiger partial charge is 0.216 e. The molecule has 0 spiro atoms. The lowest BCUT2D eigenvalue weighted by atomic mass is 9.71. The normalized spacial score (nSPS) is 22.2. The van der Waals surface area contributed by atoms with Crippen LogP contribution in [0, 0.1) is 0 Å². The van der Waals surface area contributed by atoms with Gasteiger partial charge in [-0.3, -0.25) is 0 Å². The van der Waals surface area contributed by atoms with E-state index in [9.17, 15) is 0 Å². The number of nitrogens with zero attached hydrogens (tertiary/aromatic N) is 1. The Labute approximate surface area is 95.3 Å². The summed E-state index contributed by atoms with van der Waals surface area (Å²) in [6, 6.07) is 8.23. The Kier molecular flexibility index (Phi) is 2.21. The molecule has 3 rings (SSSR count). The van der Waals surface area contributed by atoms with Gasteiger partial charge in [0.25, 0.3) is 0 Å². The maximum Gasteiger partial charge on any atom is 0.216 e. The summed E-state index contributed by atoms with van der Waals surface area (Å²) in [7, 11) is 0. The number of hydrogen-bond acceptors (Lipinski definition) is 3. The van der Waals surface area contributed by atoms with Crippen LogP contribution in [0.2, 0.25) is 0 Å². The molecule has 2 aliphatic rings. The van der Waals surface area contributed by atoms with Crippen molar-refractivity contribution in [2.75, 3.05) is 13.2 Å². The van der Waals surface area contributed by atoms with Gasteiger partial charge in [0, 0.05) is 11.1 Å². The third-order valence-corrected chi connectivity index (χ3v) is 3.53. The second-order valence-corrected chi connectivity index (χ2v) is 4.59. The van der Waals surface area contributed by atoms with E-state index < -0.39 is 0 Å². The van der Waals surface area contributed by atoms with Gasteiger partial charge in [0.05, 0.1) is 6.54 Å². The lowest BCUT2D eigenvalue weighted by molar-refractivity contribution is 0.252. The summed E-state index contributed by atoms with van der Waals surface area (Å²) in [5.41, 5.74) is 8.52. The SMILES string of the molecule is NC1(c2ccccc2C2=NCCO2)CCC1. The molecule has 1 aliphatic carbocycles. The lowest BCUT2D eigenvalue weighted by Gasteiger charge is -2.39. The van der Waals surface area contributed by atoms with Crippen molar-refractivity contribution >= 4 is 5.90 Å². The van der Waals surface area contributed by atoms with Gasteiger partial charge in [-0.2, -0.15) is 0 Å². The quantitative estimate of drug-likeness (QED) is 0.819. The molecule has 0 bridgehead atoms. The van der Waals surface area contributed by atoms with E-state index in [4.69, 9.17) is 10.5 Å². The van der Waals surface area contributed by atoms with E-state index in [-0.39, 0.29) is 5.54 Å². The molecule has 0 radical (unpaired) electrons. The molecule has 1 saturated carbocycles. The molecule has 3 heteroatoms. The summed E-state index contributed by atoms with van der Waals surface area (Å²) < 4.78 is 5.54. The first-order chi connectivity index (χ1) is 7.80. The van der Waals surface area contributed by atoms with Crippen LogP contribution in [0.1, 0.15) is 30.4 Å². The minimum absolute atomic E-state index is 0.148. The summed E-state index contributed by atoms with van der Waals surface area (Å²) in [6.45, 7) is 1.46. The first-order valence-electron chi connectivity index (χ1n) is 5.86. The molecule has 1 aromatic carbocycles. The van der Waals surface area contributed by atoms with Gasteiger partial charge in [-0.05, 0) is 30.9 Å². The second-order valence-electron chi connectivity index (χ2n) is 4.59. The Morgan fingerprint density at radius 3 is 2.69 bits per heavy atom. The molecule has 16 heavy (non-hydrogen) atoms. The maximum atomic E-state index is 6.38. The van der Waals surface area contributed by atoms with Gasteiger partial charge in [-0.25, -0.2) is 4.99 Å². The van der Waals surface area contributed by atoms with Crippen LogP contribution in [0.5, 0.6) is 0 Å². The summed E-state index contributed by atoms with van der Waals surface area (Å²) in [6.07, 6.45) is 3.35. The summed E-state index contributed by atoms with van der Waals surface area (Å²) in [5.74, 6) is 0.771. The molecule has 1 heterocycles. The van der Waals surface area contributed by atoms with Crippen LogP contribution in [0.3, 0.4) is 0 Å². The fourth-order valence-electron chi connectivity index (χ4n) is 2.43. The highest BCUT2D eigenvalue weighted by Crippen LogP contribution is 2.40. The molecular weight excluding hydrogens is 200 g/mol. The van der Waals surface area contributed by atoms with E-state index in [1.54, 1.807) is 0 Å². The van der Waals surface area contributed by atoms with Crippen molar-refractivity contribution in [1.82, 2.24) is 0 Å². The van der Waals surface area contributed by atoms with E-state index >= 15 is 0 Å². The first-order valence-corrected chi connectivity index (χ1v) is 5.86. The molecule has 0 amide bonds. The number of hydrogen-bond donors (Lipinski definition) is 1. The number of benzene rings is 1. The predicted octanol–water partition coefficient (Wildman–Crippen LogP) is 1.80. The molecular formula is C13H16N2O. The van der Waals surface area contributed by atoms with Crippen molar-refractivity contribution < 1.29 is 4.74 Å². The minimum Gasteiger partial charge on any atom is -0.476 e. The van der Waals surface area contributed by atoms with Crippen molar-refractivity contribution in [3.8, 4) is 0 Å². The average Bonchev–Trinajstić information content (AvgIpc) is 2.79. The van der Waals surface area contributed by atoms with Gasteiger partial charge >= 0.3 is 0 Å².